The summed E-state index contributed by atoms with van der Waals surface area (Å²) in [7, 11) is 0. The molecule has 0 atom stereocenters. The number of nitrogens with zero attached hydrogens (tertiary/aromatic N) is 4. The first-order valence-corrected chi connectivity index (χ1v) is 8.46. The Morgan fingerprint density at radius 2 is 2.04 bits per heavy atom. The van der Waals surface area contributed by atoms with Crippen LogP contribution in [-0.4, -0.2) is 32.7 Å². The van der Waals surface area contributed by atoms with Gasteiger partial charge < -0.3 is 0 Å². The molecule has 7 heteroatoms. The lowest BCUT2D eigenvalue weighted by Crippen LogP contribution is -2.32. The third-order valence-corrected chi connectivity index (χ3v) is 4.77. The maximum Gasteiger partial charge on any atom is 0.262 e. The molecule has 0 spiro atoms. The zero-order valence-electron chi connectivity index (χ0n) is 12.8. The molecule has 0 unspecified atom stereocenters. The Labute approximate surface area is 141 Å². The van der Waals surface area contributed by atoms with Gasteiger partial charge in [-0.15, -0.1) is 11.3 Å². The second-order valence-electron chi connectivity index (χ2n) is 5.50. The highest BCUT2D eigenvalue weighted by Crippen LogP contribution is 2.15. The van der Waals surface area contributed by atoms with Crippen LogP contribution in [0.15, 0.2) is 58.0 Å². The van der Waals surface area contributed by atoms with Gasteiger partial charge in [0.05, 0.1) is 24.0 Å². The molecule has 0 fully saturated rings. The summed E-state index contributed by atoms with van der Waals surface area (Å²) in [5.41, 5.74) is 1.72. The van der Waals surface area contributed by atoms with Gasteiger partial charge in [0.2, 0.25) is 0 Å². The topological polar surface area (TPSA) is 67.6 Å². The van der Waals surface area contributed by atoms with Crippen LogP contribution in [0.4, 0.5) is 0 Å². The van der Waals surface area contributed by atoms with Crippen LogP contribution in [0.25, 0.3) is 10.2 Å². The molecule has 6 nitrogen and oxygen atoms in total. The molecule has 0 bridgehead atoms. The summed E-state index contributed by atoms with van der Waals surface area (Å²) in [6, 6.07) is 11.5. The van der Waals surface area contributed by atoms with Crippen LogP contribution >= 0.6 is 11.3 Å². The number of carbonyl (C=O) groups is 1. The Morgan fingerprint density at radius 3 is 2.88 bits per heavy atom. The largest absolute Gasteiger partial charge is 0.289 e. The van der Waals surface area contributed by atoms with E-state index in [1.54, 1.807) is 6.07 Å². The minimum Gasteiger partial charge on any atom is -0.289 e. The molecular weight excluding hydrogens is 324 g/mol. The average molecular weight is 338 g/mol. The molecular formula is C17H14N4O2S. The highest BCUT2D eigenvalue weighted by Gasteiger charge is 2.22. The average Bonchev–Trinajstić information content (AvgIpc) is 3.27. The number of amides is 1. The molecule has 4 rings (SSSR count). The first-order chi connectivity index (χ1) is 11.7. The molecule has 1 aromatic carbocycles. The van der Waals surface area contributed by atoms with Crippen molar-refractivity contribution < 1.29 is 4.79 Å². The van der Waals surface area contributed by atoms with E-state index in [4.69, 9.17) is 0 Å². The van der Waals surface area contributed by atoms with Gasteiger partial charge in [0.15, 0.2) is 0 Å². The van der Waals surface area contributed by atoms with Crippen LogP contribution in [0, 0.1) is 0 Å². The number of rotatable bonds is 3. The van der Waals surface area contributed by atoms with Gasteiger partial charge in [-0.3, -0.25) is 14.2 Å². The molecule has 0 radical (unpaired) electrons. The van der Waals surface area contributed by atoms with E-state index in [1.165, 1.54) is 27.2 Å². The van der Waals surface area contributed by atoms with E-state index in [0.717, 1.165) is 11.3 Å². The fraction of sp³-hybridized carbons (Fsp3) is 0.176. The predicted octanol–water partition coefficient (Wildman–Crippen LogP) is 2.09. The molecule has 120 valence electrons. The van der Waals surface area contributed by atoms with E-state index in [2.05, 4.69) is 10.1 Å². The third kappa shape index (κ3) is 2.63. The van der Waals surface area contributed by atoms with Gasteiger partial charge in [0.1, 0.15) is 11.4 Å². The number of benzene rings is 1. The molecule has 0 aliphatic carbocycles. The summed E-state index contributed by atoms with van der Waals surface area (Å²) in [6.07, 6.45) is 2.14. The van der Waals surface area contributed by atoms with Crippen molar-refractivity contribution in [2.45, 2.75) is 13.0 Å². The van der Waals surface area contributed by atoms with Crippen molar-refractivity contribution in [3.05, 3.63) is 64.0 Å². The van der Waals surface area contributed by atoms with Crippen molar-refractivity contribution in [1.82, 2.24) is 14.6 Å². The molecule has 1 amide bonds. The first-order valence-electron chi connectivity index (χ1n) is 7.58. The van der Waals surface area contributed by atoms with Gasteiger partial charge in [-0.1, -0.05) is 30.3 Å². The summed E-state index contributed by atoms with van der Waals surface area (Å²) in [5, 5.41) is 8.21. The minimum atomic E-state index is -0.209. The zero-order valence-corrected chi connectivity index (χ0v) is 13.6. The quantitative estimate of drug-likeness (QED) is 0.734. The van der Waals surface area contributed by atoms with Crippen LogP contribution in [0.2, 0.25) is 0 Å². The van der Waals surface area contributed by atoms with Crippen LogP contribution in [0.5, 0.6) is 0 Å². The Bertz CT molecular complexity index is 990. The van der Waals surface area contributed by atoms with Crippen molar-refractivity contribution in [2.75, 3.05) is 6.54 Å². The first kappa shape index (κ1) is 14.8. The van der Waals surface area contributed by atoms with Crippen LogP contribution in [0.1, 0.15) is 12.0 Å². The lowest BCUT2D eigenvalue weighted by molar-refractivity contribution is -0.131. The van der Waals surface area contributed by atoms with Gasteiger partial charge >= 0.3 is 0 Å². The number of thiophene rings is 1. The number of hydrogen-bond donors (Lipinski definition) is 0. The second kappa shape index (κ2) is 6.01. The Balaban J connectivity index is 1.55. The Hall–Kier alpha value is -2.80. The molecule has 0 saturated carbocycles. The number of hydrogen-bond acceptors (Lipinski definition) is 5. The summed E-state index contributed by atoms with van der Waals surface area (Å²) in [5.74, 6) is -0.209. The van der Waals surface area contributed by atoms with Gasteiger partial charge in [-0.2, -0.15) is 5.10 Å². The molecule has 24 heavy (non-hydrogen) atoms. The van der Waals surface area contributed by atoms with Crippen LogP contribution in [0.3, 0.4) is 0 Å². The fourth-order valence-corrected chi connectivity index (χ4v) is 3.43. The van der Waals surface area contributed by atoms with E-state index < -0.39 is 0 Å². The predicted molar refractivity (Wildman–Crippen MR) is 93.2 cm³/mol. The Morgan fingerprint density at radius 1 is 1.21 bits per heavy atom. The number of aromatic nitrogens is 2. The maximum atomic E-state index is 12.5. The van der Waals surface area contributed by atoms with Gasteiger partial charge in [0, 0.05) is 6.42 Å². The van der Waals surface area contributed by atoms with Gasteiger partial charge in [-0.25, -0.2) is 9.99 Å². The highest BCUT2D eigenvalue weighted by atomic mass is 32.1. The van der Waals surface area contributed by atoms with Crippen molar-refractivity contribution in [3.8, 4) is 0 Å². The van der Waals surface area contributed by atoms with Crippen molar-refractivity contribution in [3.63, 3.8) is 0 Å². The minimum absolute atomic E-state index is 0.0524. The zero-order chi connectivity index (χ0) is 16.5. The number of fused-ring (bicyclic) bond motifs is 1. The lowest BCUT2D eigenvalue weighted by Gasteiger charge is -2.12. The van der Waals surface area contributed by atoms with Crippen molar-refractivity contribution in [2.24, 2.45) is 5.10 Å². The van der Waals surface area contributed by atoms with E-state index >= 15 is 0 Å². The smallest absolute Gasteiger partial charge is 0.262 e. The fourth-order valence-electron chi connectivity index (χ4n) is 2.70. The lowest BCUT2D eigenvalue weighted by atomic mass is 10.1. The van der Waals surface area contributed by atoms with Crippen LogP contribution in [-0.2, 0) is 11.3 Å². The highest BCUT2D eigenvalue weighted by molar-refractivity contribution is 7.16. The Kier molecular flexibility index (Phi) is 3.70. The molecule has 2 aromatic heterocycles. The normalized spacial score (nSPS) is 14.2. The molecule has 0 saturated heterocycles. The monoisotopic (exact) mass is 338 g/mol. The molecule has 1 aliphatic heterocycles. The SMILES string of the molecule is O=C(Cn1cnc2sccc2c1=O)N1CCC(c2ccccc2)=N1. The van der Waals surface area contributed by atoms with E-state index in [9.17, 15) is 9.59 Å². The van der Waals surface area contributed by atoms with Gasteiger partial charge in [0.25, 0.3) is 11.5 Å². The standard InChI is InChI=1S/C17H14N4O2S/c22-15(10-20-11-18-16-13(17(20)23)7-9-24-16)21-8-6-14(19-21)12-4-2-1-3-5-12/h1-5,7,9,11H,6,8,10H2. The van der Waals surface area contributed by atoms with E-state index in [-0.39, 0.29) is 18.0 Å². The maximum absolute atomic E-state index is 12.5. The molecule has 3 aromatic rings. The van der Waals surface area contributed by atoms with Crippen molar-refractivity contribution in [1.29, 1.82) is 0 Å². The summed E-state index contributed by atoms with van der Waals surface area (Å²) < 4.78 is 1.34. The molecule has 1 aliphatic rings. The summed E-state index contributed by atoms with van der Waals surface area (Å²) >= 11 is 1.41. The van der Waals surface area contributed by atoms with Crippen molar-refractivity contribution >= 4 is 33.2 Å². The van der Waals surface area contributed by atoms with E-state index in [0.29, 0.717) is 23.2 Å². The molecule has 3 heterocycles. The van der Waals surface area contributed by atoms with E-state index in [1.807, 2.05) is 35.7 Å². The number of carbonyl (C=O) groups excluding carboxylic acids is 1. The van der Waals surface area contributed by atoms with Gasteiger partial charge in [-0.05, 0) is 17.0 Å². The summed E-state index contributed by atoms with van der Waals surface area (Å²) in [6.45, 7) is 0.481. The summed E-state index contributed by atoms with van der Waals surface area (Å²) in [4.78, 5) is 29.7. The molecule has 0 N–H and O–H groups in total. The third-order valence-electron chi connectivity index (χ3n) is 3.95. The number of hydrazone groups is 1. The second-order valence-corrected chi connectivity index (χ2v) is 6.39. The van der Waals surface area contributed by atoms with Crippen LogP contribution < -0.4 is 5.56 Å².